The van der Waals surface area contributed by atoms with Gasteiger partial charge in [-0.1, -0.05) is 174 Å². The summed E-state index contributed by atoms with van der Waals surface area (Å²) in [7, 11) is 0. The Morgan fingerprint density at radius 2 is 0.728 bits per heavy atom. The molecule has 0 aliphatic rings. The maximum absolute atomic E-state index is 12.9. The van der Waals surface area contributed by atoms with Gasteiger partial charge in [0.2, 0.25) is 0 Å². The number of nitriles is 1. The molecular weight excluding hydrogens is 991 g/mol. The van der Waals surface area contributed by atoms with Crippen molar-refractivity contribution in [3.8, 4) is 68.4 Å². The van der Waals surface area contributed by atoms with Crippen LogP contribution in [0, 0.1) is 32.1 Å². The van der Waals surface area contributed by atoms with E-state index in [9.17, 15) is 5.26 Å². The number of hydrogen-bond donors (Lipinski definition) is 0. The summed E-state index contributed by atoms with van der Waals surface area (Å²) in [6.07, 6.45) is 0. The Kier molecular flexibility index (Phi) is 10.2. The number of nitrogens with zero attached hydrogens (tertiary/aromatic N) is 7. The van der Waals surface area contributed by atoms with Crippen LogP contribution < -0.4 is 0 Å². The van der Waals surface area contributed by atoms with Crippen LogP contribution in [0.2, 0.25) is 0 Å². The summed E-state index contributed by atoms with van der Waals surface area (Å²) in [5, 5.41) is 21.3. The normalized spacial score (nSPS) is 11.9. The molecule has 0 fully saturated rings. The first-order chi connectivity index (χ1) is 39.9. The van der Waals surface area contributed by atoms with Crippen molar-refractivity contribution in [2.75, 3.05) is 0 Å². The Balaban J connectivity index is 1.24. The lowest BCUT2D eigenvalue weighted by atomic mass is 9.88. The third kappa shape index (κ3) is 6.99. The molecule has 0 aliphatic carbocycles. The second-order valence-corrected chi connectivity index (χ2v) is 21.2. The standard InChI is InChI=1S/C73H47N7O/c1-43-30-34-61-53(38-43)49-22-10-14-26-58(49)78(61)68-57(42-74)66(48-33-37-65-56(41-48)52-25-13-17-29-64(52)81-65)67(73-76-71(46-18-6-4-7-19-46)75-72(77-73)47-20-8-5-9-21-47)69(79-59-27-15-11-23-50(59)54-39-44(2)31-35-62(54)79)70(68)80-60-28-16-12-24-51(60)55-40-45(3)32-36-63(55)80/h4-41H,1-3H3. The summed E-state index contributed by atoms with van der Waals surface area (Å²) in [5.74, 6) is 1.40. The highest BCUT2D eigenvalue weighted by Gasteiger charge is 2.35. The molecule has 0 saturated heterocycles. The number of para-hydroxylation sites is 4. The van der Waals surface area contributed by atoms with Crippen molar-refractivity contribution >= 4 is 87.4 Å². The summed E-state index contributed by atoms with van der Waals surface area (Å²) in [4.78, 5) is 16.7. The summed E-state index contributed by atoms with van der Waals surface area (Å²) >= 11 is 0. The fourth-order valence-corrected chi connectivity index (χ4v) is 12.8. The van der Waals surface area contributed by atoms with E-state index in [0.29, 0.717) is 39.9 Å². The summed E-state index contributed by atoms with van der Waals surface area (Å²) < 4.78 is 13.8. The quantitative estimate of drug-likeness (QED) is 0.159. The third-order valence-corrected chi connectivity index (χ3v) is 16.3. The average molecular weight is 1040 g/mol. The van der Waals surface area contributed by atoms with Crippen LogP contribution >= 0.6 is 0 Å². The Morgan fingerprint density at radius 3 is 1.23 bits per heavy atom. The Bertz CT molecular complexity index is 5290. The van der Waals surface area contributed by atoms with Crippen molar-refractivity contribution in [2.24, 2.45) is 0 Å². The van der Waals surface area contributed by atoms with E-state index in [4.69, 9.17) is 19.4 Å². The van der Waals surface area contributed by atoms with Gasteiger partial charge in [-0.2, -0.15) is 5.26 Å². The Hall–Kier alpha value is -10.9. The molecule has 0 amide bonds. The first-order valence-electron chi connectivity index (χ1n) is 27.3. The van der Waals surface area contributed by atoms with Gasteiger partial charge in [0.15, 0.2) is 17.5 Å². The summed E-state index contributed by atoms with van der Waals surface area (Å²) in [6, 6.07) is 83.8. The fraction of sp³-hybridized carbons (Fsp3) is 0.0411. The van der Waals surface area contributed by atoms with Gasteiger partial charge in [0.1, 0.15) is 17.2 Å². The molecule has 16 rings (SSSR count). The van der Waals surface area contributed by atoms with Crippen LogP contribution in [0.4, 0.5) is 0 Å². The predicted octanol–water partition coefficient (Wildman–Crippen LogP) is 18.5. The van der Waals surface area contributed by atoms with E-state index in [1.807, 2.05) is 84.9 Å². The molecule has 81 heavy (non-hydrogen) atoms. The largest absolute Gasteiger partial charge is 0.456 e. The summed E-state index contributed by atoms with van der Waals surface area (Å²) in [6.45, 7) is 6.45. The minimum atomic E-state index is 0.404. The van der Waals surface area contributed by atoms with Crippen molar-refractivity contribution in [2.45, 2.75) is 20.8 Å². The minimum Gasteiger partial charge on any atom is -0.456 e. The molecule has 0 spiro atoms. The van der Waals surface area contributed by atoms with Gasteiger partial charge in [0.25, 0.3) is 0 Å². The number of aromatic nitrogens is 6. The first-order valence-corrected chi connectivity index (χ1v) is 27.3. The molecule has 11 aromatic carbocycles. The van der Waals surface area contributed by atoms with Crippen LogP contribution in [-0.2, 0) is 0 Å². The lowest BCUT2D eigenvalue weighted by molar-refractivity contribution is 0.669. The second-order valence-electron chi connectivity index (χ2n) is 21.2. The number of rotatable bonds is 7. The zero-order chi connectivity index (χ0) is 54.0. The van der Waals surface area contributed by atoms with Crippen LogP contribution in [0.3, 0.4) is 0 Å². The van der Waals surface area contributed by atoms with Gasteiger partial charge in [-0.05, 0) is 99.1 Å². The van der Waals surface area contributed by atoms with Crippen molar-refractivity contribution < 1.29 is 4.42 Å². The molecular formula is C73H47N7O. The fourth-order valence-electron chi connectivity index (χ4n) is 12.8. The molecule has 0 saturated carbocycles. The van der Waals surface area contributed by atoms with E-state index in [0.717, 1.165) is 132 Å². The topological polar surface area (TPSA) is 90.4 Å². The van der Waals surface area contributed by atoms with E-state index < -0.39 is 0 Å². The van der Waals surface area contributed by atoms with E-state index in [1.165, 1.54) is 0 Å². The lowest BCUT2D eigenvalue weighted by Crippen LogP contribution is -2.15. The van der Waals surface area contributed by atoms with Gasteiger partial charge < -0.3 is 18.1 Å². The smallest absolute Gasteiger partial charge is 0.166 e. The van der Waals surface area contributed by atoms with E-state index in [-0.39, 0.29) is 0 Å². The van der Waals surface area contributed by atoms with Crippen LogP contribution in [0.15, 0.2) is 235 Å². The molecule has 0 radical (unpaired) electrons. The molecule has 0 bridgehead atoms. The zero-order valence-corrected chi connectivity index (χ0v) is 44.5. The second kappa shape index (κ2) is 17.8. The first kappa shape index (κ1) is 46.2. The van der Waals surface area contributed by atoms with Gasteiger partial charge in [0, 0.05) is 59.8 Å². The summed E-state index contributed by atoms with van der Waals surface area (Å²) in [5.41, 5.74) is 17.3. The lowest BCUT2D eigenvalue weighted by Gasteiger charge is -2.28. The third-order valence-electron chi connectivity index (χ3n) is 16.3. The molecule has 0 atom stereocenters. The van der Waals surface area contributed by atoms with Crippen molar-refractivity contribution in [3.05, 3.63) is 253 Å². The molecule has 5 heterocycles. The molecule has 0 N–H and O–H groups in total. The van der Waals surface area contributed by atoms with Crippen LogP contribution in [0.1, 0.15) is 22.3 Å². The SMILES string of the molecule is Cc1ccc2c(c1)c1ccccc1n2-c1c(C#N)c(-c2ccc3oc4ccccc4c3c2)c(-c2nc(-c3ccccc3)nc(-c3ccccc3)n2)c(-n2c3ccccc3c3cc(C)ccc32)c1-n1c2ccccc2c2cc(C)ccc21. The predicted molar refractivity (Wildman–Crippen MR) is 331 cm³/mol. The number of furan rings is 1. The molecule has 16 aromatic rings. The van der Waals surface area contributed by atoms with E-state index >= 15 is 0 Å². The molecule has 0 unspecified atom stereocenters. The van der Waals surface area contributed by atoms with Crippen LogP contribution in [-0.4, -0.2) is 28.7 Å². The number of fused-ring (bicyclic) bond motifs is 12. The van der Waals surface area contributed by atoms with Crippen molar-refractivity contribution in [3.63, 3.8) is 0 Å². The number of hydrogen-bond acceptors (Lipinski definition) is 5. The molecule has 0 aliphatic heterocycles. The van der Waals surface area contributed by atoms with Gasteiger partial charge in [-0.15, -0.1) is 0 Å². The minimum absolute atomic E-state index is 0.404. The van der Waals surface area contributed by atoms with Crippen molar-refractivity contribution in [1.29, 1.82) is 5.26 Å². The highest BCUT2D eigenvalue weighted by atomic mass is 16.3. The monoisotopic (exact) mass is 1040 g/mol. The van der Waals surface area contributed by atoms with Gasteiger partial charge in [-0.25, -0.2) is 15.0 Å². The number of benzene rings is 11. The highest BCUT2D eigenvalue weighted by Crippen LogP contribution is 2.52. The maximum Gasteiger partial charge on any atom is 0.166 e. The van der Waals surface area contributed by atoms with Crippen LogP contribution in [0.5, 0.6) is 0 Å². The zero-order valence-electron chi connectivity index (χ0n) is 44.5. The van der Waals surface area contributed by atoms with Gasteiger partial charge in [0.05, 0.1) is 61.3 Å². The van der Waals surface area contributed by atoms with Crippen molar-refractivity contribution in [1.82, 2.24) is 28.7 Å². The molecule has 380 valence electrons. The van der Waals surface area contributed by atoms with Gasteiger partial charge in [-0.3, -0.25) is 0 Å². The highest BCUT2D eigenvalue weighted by molar-refractivity contribution is 6.17. The molecule has 8 nitrogen and oxygen atoms in total. The van der Waals surface area contributed by atoms with Crippen LogP contribution in [0.25, 0.3) is 150 Å². The van der Waals surface area contributed by atoms with E-state index in [1.54, 1.807) is 0 Å². The Labute approximate surface area is 465 Å². The van der Waals surface area contributed by atoms with E-state index in [2.05, 4.69) is 186 Å². The van der Waals surface area contributed by atoms with Gasteiger partial charge >= 0.3 is 0 Å². The Morgan fingerprint density at radius 1 is 0.321 bits per heavy atom. The molecule has 8 heteroatoms. The molecule has 5 aromatic heterocycles. The average Bonchev–Trinajstić information content (AvgIpc) is 2.93. The maximum atomic E-state index is 12.9. The number of aryl methyl sites for hydroxylation is 3.